The van der Waals surface area contributed by atoms with Crippen LogP contribution < -0.4 is 19.7 Å². The fraction of sp³-hybridized carbons (Fsp3) is 0.500. The molecule has 0 spiro atoms. The van der Waals surface area contributed by atoms with Crippen molar-refractivity contribution in [2.45, 2.75) is 65.0 Å². The van der Waals surface area contributed by atoms with Crippen molar-refractivity contribution >= 4 is 17.4 Å². The number of aromatic nitrogens is 1. The number of para-hydroxylation sites is 1. The summed E-state index contributed by atoms with van der Waals surface area (Å²) in [4.78, 5) is 19.3. The molecule has 0 atom stereocenters. The topological polar surface area (TPSA) is 63.7 Å². The smallest absolute Gasteiger partial charge is 0.388 e. The quantitative estimate of drug-likeness (QED) is 0.531. The number of alkyl halides is 2. The maximum absolute atomic E-state index is 13.6. The Kier molecular flexibility index (Phi) is 7.88. The van der Waals surface area contributed by atoms with Gasteiger partial charge in [0.25, 0.3) is 0 Å². The second-order valence-corrected chi connectivity index (χ2v) is 8.51. The summed E-state index contributed by atoms with van der Waals surface area (Å²) in [6.07, 6.45) is 3.81. The van der Waals surface area contributed by atoms with E-state index in [0.29, 0.717) is 5.92 Å². The molecule has 0 aliphatic heterocycles. The van der Waals surface area contributed by atoms with Gasteiger partial charge in [-0.3, -0.25) is 4.90 Å². The van der Waals surface area contributed by atoms with Crippen LogP contribution in [-0.2, 0) is 0 Å². The van der Waals surface area contributed by atoms with Gasteiger partial charge in [0.2, 0.25) is 11.8 Å². The molecule has 1 saturated carbocycles. The number of halogens is 2. The first-order chi connectivity index (χ1) is 15.3. The fourth-order valence-corrected chi connectivity index (χ4v) is 4.15. The van der Waals surface area contributed by atoms with E-state index < -0.39 is 12.6 Å². The number of anilines is 2. The SMILES string of the molecule is COc1ccc(NC(=O)N(c2ccccc2C(C)C)C2CCC(C)CC2)c(OC(F)F)n1. The lowest BCUT2D eigenvalue weighted by atomic mass is 9.86. The van der Waals surface area contributed by atoms with Crippen LogP contribution in [0.15, 0.2) is 36.4 Å². The first-order valence-corrected chi connectivity index (χ1v) is 11.0. The number of ether oxygens (including phenoxy) is 2. The fourth-order valence-electron chi connectivity index (χ4n) is 4.15. The molecule has 0 saturated heterocycles. The first-order valence-electron chi connectivity index (χ1n) is 11.0. The van der Waals surface area contributed by atoms with Crippen molar-refractivity contribution in [3.05, 3.63) is 42.0 Å². The lowest BCUT2D eigenvalue weighted by Gasteiger charge is -2.37. The first kappa shape index (κ1) is 23.8. The number of benzene rings is 1. The minimum absolute atomic E-state index is 0.0109. The van der Waals surface area contributed by atoms with Gasteiger partial charge in [0, 0.05) is 17.8 Å². The molecular formula is C24H31F2N3O3. The largest absolute Gasteiger partial charge is 0.481 e. The minimum atomic E-state index is -3.08. The number of pyridine rings is 1. The van der Waals surface area contributed by atoms with E-state index in [9.17, 15) is 13.6 Å². The Morgan fingerprint density at radius 3 is 2.44 bits per heavy atom. The summed E-state index contributed by atoms with van der Waals surface area (Å²) in [5.41, 5.74) is 1.95. The third kappa shape index (κ3) is 5.66. The Labute approximate surface area is 187 Å². The Hall–Kier alpha value is -2.90. The minimum Gasteiger partial charge on any atom is -0.481 e. The number of carbonyl (C=O) groups excluding carboxylic acids is 1. The number of carbonyl (C=O) groups is 1. The van der Waals surface area contributed by atoms with Gasteiger partial charge in [0.05, 0.1) is 7.11 Å². The molecule has 1 heterocycles. The summed E-state index contributed by atoms with van der Waals surface area (Å²) in [7, 11) is 1.38. The molecule has 32 heavy (non-hydrogen) atoms. The lowest BCUT2D eigenvalue weighted by molar-refractivity contribution is -0.0525. The van der Waals surface area contributed by atoms with Crippen molar-refractivity contribution < 1.29 is 23.0 Å². The number of nitrogens with zero attached hydrogens (tertiary/aromatic N) is 2. The molecule has 8 heteroatoms. The molecule has 1 aromatic carbocycles. The van der Waals surface area contributed by atoms with Crippen LogP contribution in [0.4, 0.5) is 25.0 Å². The molecule has 174 valence electrons. The Morgan fingerprint density at radius 1 is 1.12 bits per heavy atom. The van der Waals surface area contributed by atoms with Crippen LogP contribution >= 0.6 is 0 Å². The van der Waals surface area contributed by atoms with Crippen molar-refractivity contribution in [3.8, 4) is 11.8 Å². The van der Waals surface area contributed by atoms with Gasteiger partial charge >= 0.3 is 12.6 Å². The van der Waals surface area contributed by atoms with Crippen LogP contribution in [0.3, 0.4) is 0 Å². The third-order valence-electron chi connectivity index (χ3n) is 5.87. The maximum atomic E-state index is 13.6. The molecule has 3 rings (SSSR count). The molecule has 0 unspecified atom stereocenters. The monoisotopic (exact) mass is 447 g/mol. The zero-order valence-corrected chi connectivity index (χ0v) is 19.0. The van der Waals surface area contributed by atoms with Crippen LogP contribution in [0.5, 0.6) is 11.8 Å². The van der Waals surface area contributed by atoms with E-state index in [1.165, 1.54) is 19.2 Å². The van der Waals surface area contributed by atoms with Gasteiger partial charge in [0.1, 0.15) is 5.69 Å². The Morgan fingerprint density at radius 2 is 1.81 bits per heavy atom. The normalized spacial score (nSPS) is 18.5. The van der Waals surface area contributed by atoms with E-state index in [1.807, 2.05) is 24.3 Å². The molecule has 1 aromatic heterocycles. The van der Waals surface area contributed by atoms with E-state index in [4.69, 9.17) is 4.74 Å². The molecule has 6 nitrogen and oxygen atoms in total. The van der Waals surface area contributed by atoms with Gasteiger partial charge in [-0.25, -0.2) is 4.79 Å². The van der Waals surface area contributed by atoms with Crippen molar-refractivity contribution in [2.24, 2.45) is 5.92 Å². The second kappa shape index (κ2) is 10.6. The van der Waals surface area contributed by atoms with Crippen LogP contribution in [0.1, 0.15) is 57.9 Å². The molecule has 2 aromatic rings. The third-order valence-corrected chi connectivity index (χ3v) is 5.87. The average Bonchev–Trinajstić information content (AvgIpc) is 2.76. The molecule has 2 amide bonds. The predicted molar refractivity (Wildman–Crippen MR) is 121 cm³/mol. The number of amides is 2. The molecule has 1 aliphatic carbocycles. The highest BCUT2D eigenvalue weighted by Crippen LogP contribution is 2.36. The van der Waals surface area contributed by atoms with Crippen molar-refractivity contribution in [1.29, 1.82) is 0 Å². The maximum Gasteiger partial charge on any atom is 0.388 e. The number of urea groups is 1. The highest BCUT2D eigenvalue weighted by Gasteiger charge is 2.31. The summed E-state index contributed by atoms with van der Waals surface area (Å²) < 4.78 is 35.4. The standard InChI is InChI=1S/C24H31F2N3O3/c1-15(2)18-7-5-6-8-20(18)29(17-11-9-16(3)10-12-17)24(30)27-19-13-14-21(31-4)28-22(19)32-23(25)26/h5-8,13-17,23H,9-12H2,1-4H3,(H,27,30). The summed E-state index contributed by atoms with van der Waals surface area (Å²) in [5, 5.41) is 2.75. The van der Waals surface area contributed by atoms with Gasteiger partial charge in [-0.15, -0.1) is 0 Å². The van der Waals surface area contributed by atoms with Gasteiger partial charge in [-0.1, -0.05) is 39.0 Å². The van der Waals surface area contributed by atoms with Gasteiger partial charge < -0.3 is 14.8 Å². The van der Waals surface area contributed by atoms with Gasteiger partial charge in [-0.05, 0) is 55.2 Å². The van der Waals surface area contributed by atoms with E-state index in [2.05, 4.69) is 35.8 Å². The number of hydrogen-bond acceptors (Lipinski definition) is 4. The second-order valence-electron chi connectivity index (χ2n) is 8.51. The lowest BCUT2D eigenvalue weighted by Crippen LogP contribution is -2.45. The molecule has 1 N–H and O–H groups in total. The molecular weight excluding hydrogens is 416 g/mol. The average molecular weight is 448 g/mol. The zero-order chi connectivity index (χ0) is 23.3. The van der Waals surface area contributed by atoms with Gasteiger partial charge in [0.15, 0.2) is 0 Å². The summed E-state index contributed by atoms with van der Waals surface area (Å²) in [5.74, 6) is 0.557. The number of nitrogens with one attached hydrogen (secondary N) is 1. The van der Waals surface area contributed by atoms with Crippen LogP contribution in [0.25, 0.3) is 0 Å². The van der Waals surface area contributed by atoms with E-state index in [1.54, 1.807) is 4.90 Å². The van der Waals surface area contributed by atoms with Crippen LogP contribution in [-0.4, -0.2) is 30.8 Å². The van der Waals surface area contributed by atoms with E-state index in [0.717, 1.165) is 36.9 Å². The van der Waals surface area contributed by atoms with Gasteiger partial charge in [-0.2, -0.15) is 13.8 Å². The van der Waals surface area contributed by atoms with Crippen molar-refractivity contribution in [1.82, 2.24) is 4.98 Å². The number of hydrogen-bond donors (Lipinski definition) is 1. The van der Waals surface area contributed by atoms with Crippen molar-refractivity contribution in [2.75, 3.05) is 17.3 Å². The Bertz CT molecular complexity index is 915. The number of methoxy groups -OCH3 is 1. The van der Waals surface area contributed by atoms with E-state index >= 15 is 0 Å². The van der Waals surface area contributed by atoms with Crippen LogP contribution in [0, 0.1) is 5.92 Å². The Balaban J connectivity index is 1.97. The van der Waals surface area contributed by atoms with Crippen molar-refractivity contribution in [3.63, 3.8) is 0 Å². The molecule has 1 aliphatic rings. The molecule has 0 radical (unpaired) electrons. The summed E-state index contributed by atoms with van der Waals surface area (Å²) >= 11 is 0. The molecule has 1 fully saturated rings. The van der Waals surface area contributed by atoms with E-state index in [-0.39, 0.29) is 29.4 Å². The highest BCUT2D eigenvalue weighted by atomic mass is 19.3. The zero-order valence-electron chi connectivity index (χ0n) is 19.0. The summed E-state index contributed by atoms with van der Waals surface area (Å²) in [6, 6.07) is 10.4. The highest BCUT2D eigenvalue weighted by molar-refractivity contribution is 6.03. The molecule has 0 bridgehead atoms. The predicted octanol–water partition coefficient (Wildman–Crippen LogP) is 6.43. The van der Waals surface area contributed by atoms with Crippen LogP contribution in [0.2, 0.25) is 0 Å². The number of rotatable bonds is 7. The summed E-state index contributed by atoms with van der Waals surface area (Å²) in [6.45, 7) is 3.31.